The molecule has 0 nitrogen and oxygen atoms in total. The van der Waals surface area contributed by atoms with E-state index in [4.69, 9.17) is 11.6 Å². The molecule has 0 heterocycles. The van der Waals surface area contributed by atoms with Crippen molar-refractivity contribution < 1.29 is 0 Å². The van der Waals surface area contributed by atoms with Crippen molar-refractivity contribution in [2.24, 2.45) is 17.3 Å². The average Bonchev–Trinajstić information content (AvgIpc) is 2.15. The smallest absolute Gasteiger partial charge is 0.0336 e. The molecule has 2 aliphatic rings. The number of hydrogen-bond acceptors (Lipinski definition) is 0. The van der Waals surface area contributed by atoms with E-state index in [9.17, 15) is 0 Å². The first-order chi connectivity index (χ1) is 6.13. The second-order valence-corrected chi connectivity index (χ2v) is 6.01. The molecule has 2 atom stereocenters. The van der Waals surface area contributed by atoms with E-state index >= 15 is 0 Å². The maximum Gasteiger partial charge on any atom is 0.0336 e. The van der Waals surface area contributed by atoms with E-state index in [0.717, 1.165) is 11.8 Å². The Hall–Kier alpha value is 0.290. The summed E-state index contributed by atoms with van der Waals surface area (Å²) in [7, 11) is 0. The van der Waals surface area contributed by atoms with E-state index < -0.39 is 0 Å². The molecule has 1 heteroatoms. The minimum Gasteiger partial charge on any atom is -0.123 e. The van der Waals surface area contributed by atoms with Crippen LogP contribution in [0.2, 0.25) is 0 Å². The van der Waals surface area contributed by atoms with Gasteiger partial charge in [0.1, 0.15) is 0 Å². The Morgan fingerprint density at radius 1 is 1.08 bits per heavy atom. The number of hydrogen-bond donors (Lipinski definition) is 0. The van der Waals surface area contributed by atoms with Gasteiger partial charge in [-0.25, -0.2) is 0 Å². The first-order valence-corrected chi connectivity index (χ1v) is 6.20. The van der Waals surface area contributed by atoms with Gasteiger partial charge in [0.15, 0.2) is 0 Å². The van der Waals surface area contributed by atoms with Crippen molar-refractivity contribution in [3.05, 3.63) is 0 Å². The molecule has 2 saturated carbocycles. The topological polar surface area (TPSA) is 0 Å². The minimum atomic E-state index is 0.482. The Kier molecular flexibility index (Phi) is 2.61. The number of halogens is 1. The highest BCUT2D eigenvalue weighted by Crippen LogP contribution is 2.55. The molecule has 0 saturated heterocycles. The Morgan fingerprint density at radius 3 is 2.08 bits per heavy atom. The fraction of sp³-hybridized carbons (Fsp3) is 1.00. The van der Waals surface area contributed by atoms with E-state index in [1.165, 1.54) is 38.5 Å². The van der Waals surface area contributed by atoms with E-state index in [-0.39, 0.29) is 0 Å². The third kappa shape index (κ3) is 1.63. The summed E-state index contributed by atoms with van der Waals surface area (Å²) >= 11 is 6.13. The summed E-state index contributed by atoms with van der Waals surface area (Å²) in [5, 5.41) is 0.482. The van der Waals surface area contributed by atoms with Crippen molar-refractivity contribution >= 4 is 11.6 Å². The summed E-state index contributed by atoms with van der Waals surface area (Å²) in [4.78, 5) is 0. The van der Waals surface area contributed by atoms with E-state index in [0.29, 0.717) is 10.8 Å². The van der Waals surface area contributed by atoms with Crippen LogP contribution in [-0.4, -0.2) is 5.38 Å². The molecule has 0 aromatic heterocycles. The lowest BCUT2D eigenvalue weighted by Crippen LogP contribution is -2.43. The molecule has 2 aliphatic carbocycles. The Bertz CT molecular complexity index is 182. The van der Waals surface area contributed by atoms with Crippen LogP contribution < -0.4 is 0 Å². The van der Waals surface area contributed by atoms with Crippen LogP contribution in [0.1, 0.15) is 52.4 Å². The maximum atomic E-state index is 6.13. The Balaban J connectivity index is 1.94. The van der Waals surface area contributed by atoms with Crippen molar-refractivity contribution in [1.29, 1.82) is 0 Å². The molecule has 0 aromatic carbocycles. The molecule has 0 aromatic rings. The summed E-state index contributed by atoms with van der Waals surface area (Å²) in [5.41, 5.74) is 0.678. The molecule has 0 radical (unpaired) electrons. The lowest BCUT2D eigenvalue weighted by molar-refractivity contribution is -0.0189. The highest BCUT2D eigenvalue weighted by atomic mass is 35.5. The van der Waals surface area contributed by atoms with E-state index in [2.05, 4.69) is 13.8 Å². The van der Waals surface area contributed by atoms with Crippen LogP contribution in [0.3, 0.4) is 0 Å². The molecule has 13 heavy (non-hydrogen) atoms. The highest BCUT2D eigenvalue weighted by molar-refractivity contribution is 6.20. The molecule has 0 bridgehead atoms. The van der Waals surface area contributed by atoms with Crippen molar-refractivity contribution in [1.82, 2.24) is 0 Å². The monoisotopic (exact) mass is 200 g/mol. The second kappa shape index (κ2) is 3.46. The summed E-state index contributed by atoms with van der Waals surface area (Å²) in [6.07, 6.45) is 8.20. The first kappa shape index (κ1) is 9.83. The van der Waals surface area contributed by atoms with Gasteiger partial charge in [-0.05, 0) is 55.8 Å². The van der Waals surface area contributed by atoms with Gasteiger partial charge in [0.2, 0.25) is 0 Å². The normalized spacial score (nSPS) is 51.5. The van der Waals surface area contributed by atoms with Gasteiger partial charge in [-0.3, -0.25) is 0 Å². The average molecular weight is 201 g/mol. The van der Waals surface area contributed by atoms with Gasteiger partial charge < -0.3 is 0 Å². The number of rotatable bonds is 1. The van der Waals surface area contributed by atoms with Gasteiger partial charge in [-0.2, -0.15) is 0 Å². The van der Waals surface area contributed by atoms with Gasteiger partial charge in [-0.15, -0.1) is 11.6 Å². The van der Waals surface area contributed by atoms with Crippen LogP contribution in [0.25, 0.3) is 0 Å². The predicted molar refractivity (Wildman–Crippen MR) is 58.1 cm³/mol. The van der Waals surface area contributed by atoms with Crippen LogP contribution in [0.5, 0.6) is 0 Å². The summed E-state index contributed by atoms with van der Waals surface area (Å²) in [5.74, 6) is 1.94. The molecule has 0 spiro atoms. The quantitative estimate of drug-likeness (QED) is 0.556. The predicted octanol–water partition coefficient (Wildman–Crippen LogP) is 4.22. The van der Waals surface area contributed by atoms with Crippen molar-refractivity contribution in [2.75, 3.05) is 0 Å². The molecular formula is C12H21Cl. The highest BCUT2D eigenvalue weighted by Gasteiger charge is 2.46. The Labute approximate surface area is 87.0 Å². The molecule has 2 rings (SSSR count). The minimum absolute atomic E-state index is 0.482. The van der Waals surface area contributed by atoms with E-state index in [1.807, 2.05) is 0 Å². The molecule has 2 unspecified atom stereocenters. The maximum absolute atomic E-state index is 6.13. The fourth-order valence-corrected chi connectivity index (χ4v) is 3.46. The lowest BCUT2D eigenvalue weighted by atomic mass is 9.53. The molecule has 0 N–H and O–H groups in total. The molecule has 0 amide bonds. The van der Waals surface area contributed by atoms with Crippen LogP contribution in [0.4, 0.5) is 0 Å². The summed E-state index contributed by atoms with van der Waals surface area (Å²) in [6.45, 7) is 4.93. The first-order valence-electron chi connectivity index (χ1n) is 5.77. The zero-order valence-corrected chi connectivity index (χ0v) is 9.61. The van der Waals surface area contributed by atoms with Gasteiger partial charge in [0.25, 0.3) is 0 Å². The van der Waals surface area contributed by atoms with Crippen molar-refractivity contribution in [3.8, 4) is 0 Å². The van der Waals surface area contributed by atoms with Crippen LogP contribution in [-0.2, 0) is 0 Å². The van der Waals surface area contributed by atoms with Gasteiger partial charge in [0.05, 0.1) is 0 Å². The summed E-state index contributed by atoms with van der Waals surface area (Å²) in [6, 6.07) is 0. The number of alkyl halides is 1. The SMILES string of the molecule is CC1CCC1(C)C1CCC(Cl)CC1. The standard InChI is InChI=1S/C12H21Cl/c1-9-7-8-12(9,2)10-3-5-11(13)6-4-10/h9-11H,3-8H2,1-2H3. The zero-order chi connectivity index (χ0) is 9.47. The Morgan fingerprint density at radius 2 is 1.69 bits per heavy atom. The third-order valence-corrected chi connectivity index (χ3v) is 5.27. The molecule has 0 aliphatic heterocycles. The van der Waals surface area contributed by atoms with Crippen molar-refractivity contribution in [2.45, 2.75) is 57.7 Å². The zero-order valence-electron chi connectivity index (χ0n) is 8.85. The molecule has 2 fully saturated rings. The fourth-order valence-electron chi connectivity index (χ4n) is 3.21. The van der Waals surface area contributed by atoms with Crippen LogP contribution >= 0.6 is 11.6 Å². The molecule has 76 valence electrons. The van der Waals surface area contributed by atoms with Gasteiger partial charge in [-0.1, -0.05) is 13.8 Å². The van der Waals surface area contributed by atoms with Crippen LogP contribution in [0, 0.1) is 17.3 Å². The lowest BCUT2D eigenvalue weighted by Gasteiger charge is -2.52. The van der Waals surface area contributed by atoms with Gasteiger partial charge in [0, 0.05) is 5.38 Å². The third-order valence-electron chi connectivity index (χ3n) is 4.83. The van der Waals surface area contributed by atoms with Crippen LogP contribution in [0.15, 0.2) is 0 Å². The largest absolute Gasteiger partial charge is 0.123 e. The molecular weight excluding hydrogens is 180 g/mol. The van der Waals surface area contributed by atoms with E-state index in [1.54, 1.807) is 0 Å². The second-order valence-electron chi connectivity index (χ2n) is 5.39. The van der Waals surface area contributed by atoms with Gasteiger partial charge >= 0.3 is 0 Å². The van der Waals surface area contributed by atoms with Crippen molar-refractivity contribution in [3.63, 3.8) is 0 Å². The summed E-state index contributed by atoms with van der Waals surface area (Å²) < 4.78 is 0.